The quantitative estimate of drug-likeness (QED) is 0.769. The summed E-state index contributed by atoms with van der Waals surface area (Å²) in [5.74, 6) is 0.701. The number of hydrogen-bond donors (Lipinski definition) is 2. The fourth-order valence-corrected chi connectivity index (χ4v) is 3.16. The molecule has 1 saturated carbocycles. The lowest BCUT2D eigenvalue weighted by Gasteiger charge is -2.37. The van der Waals surface area contributed by atoms with Gasteiger partial charge in [-0.1, -0.05) is 12.8 Å². The molecule has 0 aromatic rings. The zero-order valence-electron chi connectivity index (χ0n) is 10.5. The van der Waals surface area contributed by atoms with E-state index in [2.05, 4.69) is 12.2 Å². The highest BCUT2D eigenvalue weighted by Crippen LogP contribution is 2.25. The van der Waals surface area contributed by atoms with Crippen molar-refractivity contribution >= 4 is 0 Å². The van der Waals surface area contributed by atoms with E-state index in [4.69, 9.17) is 10.5 Å². The Balaban J connectivity index is 1.82. The van der Waals surface area contributed by atoms with E-state index in [1.165, 1.54) is 25.7 Å². The molecule has 1 heterocycles. The lowest BCUT2D eigenvalue weighted by molar-refractivity contribution is 0.00860. The smallest absolute Gasteiger partial charge is 0.0561 e. The predicted octanol–water partition coefficient (Wildman–Crippen LogP) is 1.66. The molecule has 0 radical (unpaired) electrons. The molecule has 1 saturated heterocycles. The Morgan fingerprint density at radius 2 is 2.06 bits per heavy atom. The lowest BCUT2D eigenvalue weighted by Crippen LogP contribution is -2.49. The number of ether oxygens (including phenoxy) is 1. The van der Waals surface area contributed by atoms with Crippen molar-refractivity contribution in [1.82, 2.24) is 5.32 Å². The van der Waals surface area contributed by atoms with Crippen LogP contribution in [-0.4, -0.2) is 31.3 Å². The van der Waals surface area contributed by atoms with Crippen LogP contribution in [-0.2, 0) is 4.74 Å². The highest BCUT2D eigenvalue weighted by molar-refractivity contribution is 4.86. The molecule has 94 valence electrons. The van der Waals surface area contributed by atoms with Gasteiger partial charge >= 0.3 is 0 Å². The van der Waals surface area contributed by atoms with Crippen molar-refractivity contribution < 1.29 is 4.74 Å². The second kappa shape index (κ2) is 5.99. The minimum absolute atomic E-state index is 0.422. The van der Waals surface area contributed by atoms with Crippen LogP contribution in [0.5, 0.6) is 0 Å². The zero-order chi connectivity index (χ0) is 11.4. The first kappa shape index (κ1) is 12.3. The van der Waals surface area contributed by atoms with Gasteiger partial charge in [-0.2, -0.15) is 0 Å². The number of rotatable bonds is 3. The Labute approximate surface area is 99.1 Å². The number of nitrogens with two attached hydrogens (primary N) is 1. The number of hydrogen-bond acceptors (Lipinski definition) is 3. The third-order valence-corrected chi connectivity index (χ3v) is 4.15. The molecule has 0 aromatic carbocycles. The maximum atomic E-state index is 5.86. The topological polar surface area (TPSA) is 47.3 Å². The summed E-state index contributed by atoms with van der Waals surface area (Å²) in [6.07, 6.45) is 8.11. The molecule has 2 aliphatic rings. The molecular weight excluding hydrogens is 200 g/mol. The molecule has 0 aromatic heterocycles. The summed E-state index contributed by atoms with van der Waals surface area (Å²) in [6.45, 7) is 3.93. The van der Waals surface area contributed by atoms with Crippen LogP contribution in [0.15, 0.2) is 0 Å². The van der Waals surface area contributed by atoms with Crippen molar-refractivity contribution in [3.05, 3.63) is 0 Å². The van der Waals surface area contributed by atoms with Crippen LogP contribution in [0.25, 0.3) is 0 Å². The molecule has 0 amide bonds. The molecule has 3 N–H and O–H groups in total. The fourth-order valence-electron chi connectivity index (χ4n) is 3.16. The Kier molecular flexibility index (Phi) is 4.62. The third-order valence-electron chi connectivity index (χ3n) is 4.15. The molecule has 2 rings (SSSR count). The van der Waals surface area contributed by atoms with Gasteiger partial charge in [0.2, 0.25) is 0 Å². The van der Waals surface area contributed by atoms with E-state index in [0.717, 1.165) is 26.0 Å². The van der Waals surface area contributed by atoms with E-state index in [1.807, 2.05) is 0 Å². The second-order valence-corrected chi connectivity index (χ2v) is 5.46. The zero-order valence-corrected chi connectivity index (χ0v) is 10.5. The Morgan fingerprint density at radius 1 is 1.25 bits per heavy atom. The summed E-state index contributed by atoms with van der Waals surface area (Å²) in [5.41, 5.74) is 5.86. The van der Waals surface area contributed by atoms with Gasteiger partial charge in [-0.15, -0.1) is 0 Å². The van der Waals surface area contributed by atoms with Gasteiger partial charge in [-0.25, -0.2) is 0 Å². The van der Waals surface area contributed by atoms with E-state index in [0.29, 0.717) is 24.1 Å². The van der Waals surface area contributed by atoms with Crippen molar-refractivity contribution in [2.24, 2.45) is 11.7 Å². The molecule has 1 aliphatic carbocycles. The Hall–Kier alpha value is -0.120. The maximum absolute atomic E-state index is 5.86. The monoisotopic (exact) mass is 226 g/mol. The molecule has 0 bridgehead atoms. The average molecular weight is 226 g/mol. The molecule has 0 spiro atoms. The normalized spacial score (nSPS) is 40.9. The van der Waals surface area contributed by atoms with Gasteiger partial charge in [0.15, 0.2) is 0 Å². The summed E-state index contributed by atoms with van der Waals surface area (Å²) < 4.78 is 5.59. The van der Waals surface area contributed by atoms with Crippen molar-refractivity contribution in [2.75, 3.05) is 13.2 Å². The highest BCUT2D eigenvalue weighted by atomic mass is 16.5. The van der Waals surface area contributed by atoms with Crippen molar-refractivity contribution in [3.63, 3.8) is 0 Å². The molecule has 2 fully saturated rings. The molecule has 1 aliphatic heterocycles. The van der Waals surface area contributed by atoms with Crippen LogP contribution in [0.4, 0.5) is 0 Å². The first-order valence-electron chi connectivity index (χ1n) is 6.87. The minimum atomic E-state index is 0.422. The first-order chi connectivity index (χ1) is 7.79. The molecule has 3 nitrogen and oxygen atoms in total. The van der Waals surface area contributed by atoms with Crippen LogP contribution in [0.3, 0.4) is 0 Å². The molecule has 4 unspecified atom stereocenters. The predicted molar refractivity (Wildman–Crippen MR) is 66.4 cm³/mol. The van der Waals surface area contributed by atoms with Crippen molar-refractivity contribution in [3.8, 4) is 0 Å². The van der Waals surface area contributed by atoms with Gasteiger partial charge in [0, 0.05) is 18.7 Å². The van der Waals surface area contributed by atoms with Gasteiger partial charge < -0.3 is 15.8 Å². The van der Waals surface area contributed by atoms with E-state index in [1.54, 1.807) is 0 Å². The van der Waals surface area contributed by atoms with E-state index >= 15 is 0 Å². The summed E-state index contributed by atoms with van der Waals surface area (Å²) in [7, 11) is 0. The molecule has 3 heteroatoms. The summed E-state index contributed by atoms with van der Waals surface area (Å²) in [5, 5.41) is 3.83. The van der Waals surface area contributed by atoms with E-state index < -0.39 is 0 Å². The maximum Gasteiger partial charge on any atom is 0.0561 e. The van der Waals surface area contributed by atoms with Crippen LogP contribution in [0.1, 0.15) is 45.4 Å². The van der Waals surface area contributed by atoms with Crippen LogP contribution in [0, 0.1) is 5.92 Å². The highest BCUT2D eigenvalue weighted by Gasteiger charge is 2.28. The van der Waals surface area contributed by atoms with Crippen molar-refractivity contribution in [2.45, 2.75) is 63.6 Å². The van der Waals surface area contributed by atoms with Crippen LogP contribution < -0.4 is 11.1 Å². The van der Waals surface area contributed by atoms with Crippen LogP contribution >= 0.6 is 0 Å². The Bertz CT molecular complexity index is 210. The largest absolute Gasteiger partial charge is 0.378 e. The van der Waals surface area contributed by atoms with Crippen molar-refractivity contribution in [1.29, 1.82) is 0 Å². The average Bonchev–Trinajstić information content (AvgIpc) is 2.30. The fraction of sp³-hybridized carbons (Fsp3) is 1.00. The number of nitrogens with one attached hydrogen (secondary N) is 1. The van der Waals surface area contributed by atoms with Crippen LogP contribution in [0.2, 0.25) is 0 Å². The summed E-state index contributed by atoms with van der Waals surface area (Å²) >= 11 is 0. The Morgan fingerprint density at radius 3 is 2.81 bits per heavy atom. The summed E-state index contributed by atoms with van der Waals surface area (Å²) in [6, 6.07) is 1.31. The SMILES string of the molecule is CC1CC(NC2CCCCC2CN)CCO1. The van der Waals surface area contributed by atoms with Gasteiger partial charge in [0.1, 0.15) is 0 Å². The second-order valence-electron chi connectivity index (χ2n) is 5.46. The van der Waals surface area contributed by atoms with Gasteiger partial charge in [-0.3, -0.25) is 0 Å². The van der Waals surface area contributed by atoms with Gasteiger partial charge in [-0.05, 0) is 45.1 Å². The van der Waals surface area contributed by atoms with Gasteiger partial charge in [0.25, 0.3) is 0 Å². The molecule has 16 heavy (non-hydrogen) atoms. The van der Waals surface area contributed by atoms with E-state index in [9.17, 15) is 0 Å². The summed E-state index contributed by atoms with van der Waals surface area (Å²) in [4.78, 5) is 0. The minimum Gasteiger partial charge on any atom is -0.378 e. The molecule has 4 atom stereocenters. The standard InChI is InChI=1S/C13H26N2O/c1-10-8-12(6-7-16-10)15-13-5-3-2-4-11(13)9-14/h10-13,15H,2-9,14H2,1H3. The first-order valence-corrected chi connectivity index (χ1v) is 6.87. The van der Waals surface area contributed by atoms with E-state index in [-0.39, 0.29) is 0 Å². The lowest BCUT2D eigenvalue weighted by atomic mass is 9.83. The molecular formula is C13H26N2O. The van der Waals surface area contributed by atoms with Gasteiger partial charge in [0.05, 0.1) is 6.10 Å². The third kappa shape index (κ3) is 3.19.